The number of rotatable bonds is 4. The molecule has 106 valence electrons. The number of aromatic nitrogens is 1. The Morgan fingerprint density at radius 2 is 2.05 bits per heavy atom. The maximum atomic E-state index is 9.53. The third kappa shape index (κ3) is 3.18. The highest BCUT2D eigenvalue weighted by Gasteiger charge is 2.21. The summed E-state index contributed by atoms with van der Waals surface area (Å²) in [6.45, 7) is 4.21. The van der Waals surface area contributed by atoms with Crippen LogP contribution in [0.3, 0.4) is 0 Å². The Balaban J connectivity index is 2.66. The maximum Gasteiger partial charge on any atom is 0.143 e. The molecular formula is C15H14N4S2. The largest absolute Gasteiger partial charge is 0.383 e. The number of nitrogens with two attached hydrogens (primary N) is 1. The smallest absolute Gasteiger partial charge is 0.143 e. The summed E-state index contributed by atoms with van der Waals surface area (Å²) >= 11 is 2.99. The summed E-state index contributed by atoms with van der Waals surface area (Å²) in [6, 6.07) is 8.05. The molecule has 0 amide bonds. The normalized spacial score (nSPS) is 10.3. The van der Waals surface area contributed by atoms with Crippen LogP contribution < -0.4 is 5.73 Å². The Kier molecular flexibility index (Phi) is 4.85. The van der Waals surface area contributed by atoms with Crippen molar-refractivity contribution in [2.45, 2.75) is 18.9 Å². The minimum atomic E-state index is 0.186. The van der Waals surface area contributed by atoms with Gasteiger partial charge in [0.2, 0.25) is 0 Å². The quantitative estimate of drug-likeness (QED) is 0.865. The third-order valence-corrected chi connectivity index (χ3v) is 5.03. The van der Waals surface area contributed by atoms with E-state index in [1.165, 1.54) is 23.1 Å². The number of pyridine rings is 1. The van der Waals surface area contributed by atoms with Crippen LogP contribution in [0.25, 0.3) is 10.4 Å². The Morgan fingerprint density at radius 3 is 2.57 bits per heavy atom. The zero-order valence-electron chi connectivity index (χ0n) is 11.8. The van der Waals surface area contributed by atoms with Crippen molar-refractivity contribution in [2.24, 2.45) is 5.92 Å². The van der Waals surface area contributed by atoms with Crippen molar-refractivity contribution in [1.82, 2.24) is 4.98 Å². The molecule has 4 nitrogen and oxygen atoms in total. The van der Waals surface area contributed by atoms with Crippen LogP contribution in [0.15, 0.2) is 22.5 Å². The summed E-state index contributed by atoms with van der Waals surface area (Å²) in [5, 5.41) is 21.4. The molecule has 0 aliphatic carbocycles. The lowest BCUT2D eigenvalue weighted by molar-refractivity contribution is 0.749. The minimum Gasteiger partial charge on any atom is -0.383 e. The van der Waals surface area contributed by atoms with Crippen LogP contribution in [0.2, 0.25) is 0 Å². The first kappa shape index (κ1) is 15.4. The molecule has 0 atom stereocenters. The van der Waals surface area contributed by atoms with Gasteiger partial charge in [-0.05, 0) is 17.4 Å². The molecule has 0 unspecified atom stereocenters. The van der Waals surface area contributed by atoms with Gasteiger partial charge >= 0.3 is 0 Å². The number of nitriles is 2. The van der Waals surface area contributed by atoms with Crippen molar-refractivity contribution in [3.8, 4) is 22.6 Å². The van der Waals surface area contributed by atoms with E-state index < -0.39 is 0 Å². The van der Waals surface area contributed by atoms with Crippen LogP contribution >= 0.6 is 23.1 Å². The molecule has 6 heteroatoms. The first-order chi connectivity index (χ1) is 10.1. The van der Waals surface area contributed by atoms with Gasteiger partial charge in [-0.15, -0.1) is 23.1 Å². The van der Waals surface area contributed by atoms with E-state index in [-0.39, 0.29) is 11.4 Å². The van der Waals surface area contributed by atoms with E-state index in [1.807, 2.05) is 17.5 Å². The SMILES string of the molecule is CC(C)CSc1nc(N)c(C#N)c(-c2cccs2)c1C#N. The van der Waals surface area contributed by atoms with E-state index in [0.717, 1.165) is 10.6 Å². The minimum absolute atomic E-state index is 0.186. The van der Waals surface area contributed by atoms with E-state index >= 15 is 0 Å². The molecule has 0 saturated heterocycles. The molecule has 2 aromatic heterocycles. The number of anilines is 1. The number of nitrogen functional groups attached to an aromatic ring is 1. The van der Waals surface area contributed by atoms with Gasteiger partial charge in [-0.2, -0.15) is 10.5 Å². The van der Waals surface area contributed by atoms with Gasteiger partial charge in [0.25, 0.3) is 0 Å². The number of nitrogens with zero attached hydrogens (tertiary/aromatic N) is 3. The van der Waals surface area contributed by atoms with E-state index in [1.54, 1.807) is 0 Å². The number of hydrogen-bond acceptors (Lipinski definition) is 6. The van der Waals surface area contributed by atoms with Gasteiger partial charge in [0.1, 0.15) is 28.5 Å². The number of thiophene rings is 1. The molecule has 0 aliphatic rings. The number of hydrogen-bond donors (Lipinski definition) is 1. The average molecular weight is 314 g/mol. The molecule has 2 N–H and O–H groups in total. The zero-order valence-corrected chi connectivity index (χ0v) is 13.4. The predicted molar refractivity (Wildman–Crippen MR) is 87.0 cm³/mol. The van der Waals surface area contributed by atoms with Gasteiger partial charge in [-0.1, -0.05) is 19.9 Å². The molecule has 0 saturated carbocycles. The van der Waals surface area contributed by atoms with E-state index in [0.29, 0.717) is 22.1 Å². The van der Waals surface area contributed by atoms with E-state index in [9.17, 15) is 10.5 Å². The fraction of sp³-hybridized carbons (Fsp3) is 0.267. The Hall–Kier alpha value is -2.02. The van der Waals surface area contributed by atoms with Crippen LogP contribution in [0.5, 0.6) is 0 Å². The molecule has 0 aromatic carbocycles. The molecule has 2 aromatic rings. The fourth-order valence-electron chi connectivity index (χ4n) is 1.82. The van der Waals surface area contributed by atoms with Crippen molar-refractivity contribution in [3.63, 3.8) is 0 Å². The fourth-order valence-corrected chi connectivity index (χ4v) is 3.54. The molecule has 2 rings (SSSR count). The predicted octanol–water partition coefficient (Wildman–Crippen LogP) is 3.88. The highest BCUT2D eigenvalue weighted by atomic mass is 32.2. The highest BCUT2D eigenvalue weighted by Crippen LogP contribution is 2.37. The summed E-state index contributed by atoms with van der Waals surface area (Å²) in [5.74, 6) is 1.51. The van der Waals surface area contributed by atoms with Gasteiger partial charge in [0, 0.05) is 16.2 Å². The maximum absolute atomic E-state index is 9.53. The highest BCUT2D eigenvalue weighted by molar-refractivity contribution is 7.99. The Labute approximate surface area is 132 Å². The summed E-state index contributed by atoms with van der Waals surface area (Å²) in [4.78, 5) is 5.12. The van der Waals surface area contributed by atoms with Crippen molar-refractivity contribution < 1.29 is 0 Å². The van der Waals surface area contributed by atoms with E-state index in [4.69, 9.17) is 5.73 Å². The van der Waals surface area contributed by atoms with Crippen LogP contribution in [0.4, 0.5) is 5.82 Å². The van der Waals surface area contributed by atoms with Gasteiger partial charge in [-0.25, -0.2) is 4.98 Å². The second-order valence-corrected chi connectivity index (χ2v) is 6.79. The monoisotopic (exact) mass is 314 g/mol. The molecule has 0 fully saturated rings. The Bertz CT molecular complexity index is 722. The second-order valence-electron chi connectivity index (χ2n) is 4.83. The van der Waals surface area contributed by atoms with Crippen LogP contribution in [-0.4, -0.2) is 10.7 Å². The summed E-state index contributed by atoms with van der Waals surface area (Å²) < 4.78 is 0. The van der Waals surface area contributed by atoms with Gasteiger partial charge < -0.3 is 5.73 Å². The van der Waals surface area contributed by atoms with E-state index in [2.05, 4.69) is 31.0 Å². The van der Waals surface area contributed by atoms with Crippen molar-refractivity contribution in [1.29, 1.82) is 10.5 Å². The first-order valence-corrected chi connectivity index (χ1v) is 8.25. The average Bonchev–Trinajstić information content (AvgIpc) is 2.97. The molecular weight excluding hydrogens is 300 g/mol. The zero-order chi connectivity index (χ0) is 15.4. The van der Waals surface area contributed by atoms with Crippen LogP contribution in [0, 0.1) is 28.6 Å². The molecule has 21 heavy (non-hydrogen) atoms. The number of thioether (sulfide) groups is 1. The van der Waals surface area contributed by atoms with Crippen LogP contribution in [0.1, 0.15) is 25.0 Å². The second kappa shape index (κ2) is 6.62. The topological polar surface area (TPSA) is 86.5 Å². The Morgan fingerprint density at radius 1 is 1.33 bits per heavy atom. The van der Waals surface area contributed by atoms with Crippen molar-refractivity contribution >= 4 is 28.9 Å². The molecule has 0 spiro atoms. The lowest BCUT2D eigenvalue weighted by Crippen LogP contribution is -2.03. The molecule has 0 aliphatic heterocycles. The van der Waals surface area contributed by atoms with Crippen LogP contribution in [-0.2, 0) is 0 Å². The lowest BCUT2D eigenvalue weighted by atomic mass is 10.0. The molecule has 0 bridgehead atoms. The molecule has 0 radical (unpaired) electrons. The van der Waals surface area contributed by atoms with Crippen molar-refractivity contribution in [3.05, 3.63) is 28.6 Å². The first-order valence-electron chi connectivity index (χ1n) is 6.38. The third-order valence-electron chi connectivity index (χ3n) is 2.74. The summed E-state index contributed by atoms with van der Waals surface area (Å²) in [5.41, 5.74) is 7.24. The van der Waals surface area contributed by atoms with Gasteiger partial charge in [0.15, 0.2) is 0 Å². The summed E-state index contributed by atoms with van der Waals surface area (Å²) in [7, 11) is 0. The standard InChI is InChI=1S/C15H14N4S2/c1-9(2)8-21-15-11(7-17)13(12-4-3-5-20-12)10(6-16)14(18)19-15/h3-5,9H,8H2,1-2H3,(H2,18,19). The van der Waals surface area contributed by atoms with Crippen molar-refractivity contribution in [2.75, 3.05) is 11.5 Å². The molecule has 2 heterocycles. The lowest BCUT2D eigenvalue weighted by Gasteiger charge is -2.12. The van der Waals surface area contributed by atoms with Gasteiger partial charge in [0.05, 0.1) is 5.56 Å². The van der Waals surface area contributed by atoms with Gasteiger partial charge in [-0.3, -0.25) is 0 Å². The summed E-state index contributed by atoms with van der Waals surface area (Å²) in [6.07, 6.45) is 0.